The van der Waals surface area contributed by atoms with Gasteiger partial charge in [0, 0.05) is 25.2 Å². The average Bonchev–Trinajstić information content (AvgIpc) is 2.76. The van der Waals surface area contributed by atoms with Gasteiger partial charge in [-0.05, 0) is 22.4 Å². The van der Waals surface area contributed by atoms with E-state index < -0.39 is 14.9 Å². The zero-order chi connectivity index (χ0) is 13.3. The van der Waals surface area contributed by atoms with Crippen molar-refractivity contribution >= 4 is 15.8 Å². The topological polar surface area (TPSA) is 119 Å². The van der Waals surface area contributed by atoms with Crippen LogP contribution in [0.25, 0.3) is 0 Å². The molecular weight excluding hydrogens is 260 g/mol. The Morgan fingerprint density at radius 1 is 1.50 bits per heavy atom. The summed E-state index contributed by atoms with van der Waals surface area (Å²) in [4.78, 5) is 13.2. The van der Waals surface area contributed by atoms with Crippen molar-refractivity contribution in [2.24, 2.45) is 5.73 Å². The van der Waals surface area contributed by atoms with Crippen LogP contribution in [0, 0.1) is 10.1 Å². The Kier molecular flexibility index (Phi) is 3.28. The fraction of sp³-hybridized carbons (Fsp3) is 0.444. The molecule has 0 amide bonds. The van der Waals surface area contributed by atoms with Crippen LogP contribution in [0.2, 0.25) is 0 Å². The van der Waals surface area contributed by atoms with Gasteiger partial charge in [0.25, 0.3) is 0 Å². The first kappa shape index (κ1) is 12.9. The molecule has 2 N–H and O–H groups in total. The lowest BCUT2D eigenvalue weighted by molar-refractivity contribution is -0.389. The minimum absolute atomic E-state index is 0.0535. The van der Waals surface area contributed by atoms with Gasteiger partial charge in [0.2, 0.25) is 10.0 Å². The highest BCUT2D eigenvalue weighted by molar-refractivity contribution is 7.89. The second-order valence-corrected chi connectivity index (χ2v) is 5.96. The van der Waals surface area contributed by atoms with Crippen LogP contribution in [-0.2, 0) is 10.0 Å². The highest BCUT2D eigenvalue weighted by Crippen LogP contribution is 2.20. The Morgan fingerprint density at radius 2 is 2.22 bits per heavy atom. The molecule has 1 aliphatic rings. The van der Waals surface area contributed by atoms with Gasteiger partial charge >= 0.3 is 5.82 Å². The molecule has 1 saturated heterocycles. The van der Waals surface area contributed by atoms with E-state index in [1.807, 2.05) is 0 Å². The van der Waals surface area contributed by atoms with Crippen LogP contribution in [-0.4, -0.2) is 41.8 Å². The van der Waals surface area contributed by atoms with E-state index in [1.54, 1.807) is 0 Å². The van der Waals surface area contributed by atoms with Crippen LogP contribution < -0.4 is 5.73 Å². The van der Waals surface area contributed by atoms with Gasteiger partial charge in [-0.2, -0.15) is 4.31 Å². The van der Waals surface area contributed by atoms with E-state index in [0.29, 0.717) is 13.0 Å². The van der Waals surface area contributed by atoms with Gasteiger partial charge in [-0.3, -0.25) is 0 Å². The van der Waals surface area contributed by atoms with Gasteiger partial charge in [0.1, 0.15) is 4.90 Å². The van der Waals surface area contributed by atoms with Gasteiger partial charge in [0.15, 0.2) is 6.20 Å². The average molecular weight is 272 g/mol. The summed E-state index contributed by atoms with van der Waals surface area (Å²) in [6.07, 6.45) is 1.61. The lowest BCUT2D eigenvalue weighted by Gasteiger charge is -2.14. The van der Waals surface area contributed by atoms with Crippen LogP contribution >= 0.6 is 0 Å². The number of hydrogen-bond donors (Lipinski definition) is 1. The van der Waals surface area contributed by atoms with E-state index in [9.17, 15) is 18.5 Å². The van der Waals surface area contributed by atoms with Crippen molar-refractivity contribution in [1.82, 2.24) is 9.29 Å². The Labute approximate surface area is 104 Å². The summed E-state index contributed by atoms with van der Waals surface area (Å²) in [6.45, 7) is 0.625. The Bertz CT molecular complexity index is 556. The highest BCUT2D eigenvalue weighted by Gasteiger charge is 2.32. The van der Waals surface area contributed by atoms with Crippen molar-refractivity contribution in [2.75, 3.05) is 13.1 Å². The van der Waals surface area contributed by atoms with E-state index in [0.717, 1.165) is 12.3 Å². The van der Waals surface area contributed by atoms with Crippen molar-refractivity contribution in [3.63, 3.8) is 0 Å². The second kappa shape index (κ2) is 4.59. The van der Waals surface area contributed by atoms with Crippen LogP contribution in [0.3, 0.4) is 0 Å². The smallest absolute Gasteiger partial charge is 0.358 e. The summed E-state index contributed by atoms with van der Waals surface area (Å²) in [5.74, 6) is -0.382. The number of rotatable bonds is 3. The van der Waals surface area contributed by atoms with Crippen LogP contribution in [0.15, 0.2) is 23.2 Å². The molecule has 9 heteroatoms. The molecule has 1 aromatic rings. The van der Waals surface area contributed by atoms with Crippen LogP contribution in [0.5, 0.6) is 0 Å². The van der Waals surface area contributed by atoms with E-state index >= 15 is 0 Å². The predicted octanol–water partition coefficient (Wildman–Crippen LogP) is -0.289. The minimum Gasteiger partial charge on any atom is -0.358 e. The summed E-state index contributed by atoms with van der Waals surface area (Å²) in [5, 5.41) is 10.4. The summed E-state index contributed by atoms with van der Waals surface area (Å²) >= 11 is 0. The second-order valence-electron chi connectivity index (χ2n) is 4.02. The number of sulfonamides is 1. The molecule has 98 valence electrons. The minimum atomic E-state index is -3.65. The molecule has 0 aliphatic carbocycles. The lowest BCUT2D eigenvalue weighted by Crippen LogP contribution is -2.32. The first-order valence-electron chi connectivity index (χ1n) is 5.27. The molecule has 2 heterocycles. The summed E-state index contributed by atoms with van der Waals surface area (Å²) < 4.78 is 25.5. The maximum Gasteiger partial charge on any atom is 0.363 e. The Balaban J connectivity index is 2.27. The molecule has 1 fully saturated rings. The van der Waals surface area contributed by atoms with Gasteiger partial charge in [-0.25, -0.2) is 8.42 Å². The molecule has 18 heavy (non-hydrogen) atoms. The number of pyridine rings is 1. The summed E-state index contributed by atoms with van der Waals surface area (Å²) in [5.41, 5.74) is 5.65. The molecule has 1 aromatic heterocycles. The molecule has 2 rings (SSSR count). The molecule has 8 nitrogen and oxygen atoms in total. The van der Waals surface area contributed by atoms with E-state index in [1.165, 1.54) is 10.4 Å². The molecule has 1 atom stereocenters. The number of aromatic nitrogens is 1. The maximum atomic E-state index is 12.1. The molecule has 0 radical (unpaired) electrons. The monoisotopic (exact) mass is 272 g/mol. The SMILES string of the molecule is N[C@H]1CCN(S(=O)(=O)c2ccc([N+](=O)[O-])nc2)C1. The molecule has 0 spiro atoms. The third-order valence-electron chi connectivity index (χ3n) is 2.73. The first-order chi connectivity index (χ1) is 8.41. The van der Waals surface area contributed by atoms with Gasteiger partial charge < -0.3 is 15.8 Å². The van der Waals surface area contributed by atoms with Crippen molar-refractivity contribution < 1.29 is 13.3 Å². The summed E-state index contributed by atoms with van der Waals surface area (Å²) in [7, 11) is -3.65. The molecule has 0 unspecified atom stereocenters. The molecular formula is C9H12N4O4S. The summed E-state index contributed by atoms with van der Waals surface area (Å²) in [6, 6.07) is 2.10. The molecule has 1 aliphatic heterocycles. The number of hydrogen-bond acceptors (Lipinski definition) is 6. The zero-order valence-corrected chi connectivity index (χ0v) is 10.2. The third-order valence-corrected chi connectivity index (χ3v) is 4.58. The molecule has 0 saturated carbocycles. The van der Waals surface area contributed by atoms with Crippen molar-refractivity contribution in [3.05, 3.63) is 28.4 Å². The number of nitrogens with zero attached hydrogens (tertiary/aromatic N) is 3. The lowest BCUT2D eigenvalue weighted by atomic mass is 10.3. The molecule has 0 aromatic carbocycles. The van der Waals surface area contributed by atoms with Gasteiger partial charge in [-0.15, -0.1) is 0 Å². The Morgan fingerprint density at radius 3 is 2.67 bits per heavy atom. The number of nitrogens with two attached hydrogens (primary N) is 1. The zero-order valence-electron chi connectivity index (χ0n) is 9.39. The molecule has 0 bridgehead atoms. The first-order valence-corrected chi connectivity index (χ1v) is 6.71. The van der Waals surface area contributed by atoms with E-state index in [4.69, 9.17) is 5.73 Å². The van der Waals surface area contributed by atoms with Crippen LogP contribution in [0.1, 0.15) is 6.42 Å². The maximum absolute atomic E-state index is 12.1. The van der Waals surface area contributed by atoms with Gasteiger partial charge in [0.05, 0.1) is 0 Å². The Hall–Kier alpha value is -1.58. The fourth-order valence-corrected chi connectivity index (χ4v) is 3.21. The predicted molar refractivity (Wildman–Crippen MR) is 62.2 cm³/mol. The largest absolute Gasteiger partial charge is 0.363 e. The number of nitro groups is 1. The highest BCUT2D eigenvalue weighted by atomic mass is 32.2. The third kappa shape index (κ3) is 2.33. The van der Waals surface area contributed by atoms with Crippen LogP contribution in [0.4, 0.5) is 5.82 Å². The quantitative estimate of drug-likeness (QED) is 0.596. The normalized spacial score (nSPS) is 21.1. The van der Waals surface area contributed by atoms with Gasteiger partial charge in [-0.1, -0.05) is 0 Å². The standard InChI is InChI=1S/C9H12N4O4S/c10-7-3-4-12(6-7)18(16,17)8-1-2-9(11-5-8)13(14)15/h1-2,5,7H,3-4,6,10H2/t7-/m0/s1. The van der Waals surface area contributed by atoms with Crippen molar-refractivity contribution in [3.8, 4) is 0 Å². The van der Waals surface area contributed by atoms with Crippen molar-refractivity contribution in [2.45, 2.75) is 17.4 Å². The fourth-order valence-electron chi connectivity index (χ4n) is 1.75. The van der Waals surface area contributed by atoms with E-state index in [2.05, 4.69) is 4.98 Å². The van der Waals surface area contributed by atoms with Crippen molar-refractivity contribution in [1.29, 1.82) is 0 Å². The van der Waals surface area contributed by atoms with E-state index in [-0.39, 0.29) is 23.3 Å².